The lowest BCUT2D eigenvalue weighted by atomic mass is 9.95. The number of carbonyl (C=O) groups is 2. The lowest BCUT2D eigenvalue weighted by Crippen LogP contribution is -2.67. The summed E-state index contributed by atoms with van der Waals surface area (Å²) in [6, 6.07) is 0. The molecule has 0 aliphatic carbocycles. The Hall–Kier alpha value is -1.78. The van der Waals surface area contributed by atoms with Crippen molar-refractivity contribution in [1.29, 1.82) is 0 Å². The predicted molar refractivity (Wildman–Crippen MR) is 254 cm³/mol. The summed E-state index contributed by atoms with van der Waals surface area (Å²) in [7, 11) is 0. The van der Waals surface area contributed by atoms with E-state index in [0.29, 0.717) is 12.8 Å². The lowest BCUT2D eigenvalue weighted by Gasteiger charge is -2.50. The van der Waals surface area contributed by atoms with Crippen molar-refractivity contribution in [3.05, 3.63) is 0 Å². The molecule has 0 spiro atoms. The van der Waals surface area contributed by atoms with Crippen LogP contribution in [0.4, 0.5) is 0 Å². The van der Waals surface area contributed by atoms with Crippen molar-refractivity contribution in [3.63, 3.8) is 0 Å². The van der Waals surface area contributed by atoms with Crippen molar-refractivity contribution in [2.75, 3.05) is 0 Å². The van der Waals surface area contributed by atoms with E-state index in [-0.39, 0.29) is 18.9 Å². The molecule has 6 aliphatic rings. The minimum absolute atomic E-state index is 0.0939. The van der Waals surface area contributed by atoms with Gasteiger partial charge in [0.25, 0.3) is 0 Å². The molecule has 26 atom stereocenters. The Balaban J connectivity index is 1.32. The van der Waals surface area contributed by atoms with Crippen LogP contribution in [0.3, 0.4) is 0 Å². The van der Waals surface area contributed by atoms with Gasteiger partial charge in [-0.3, -0.25) is 9.59 Å². The molecule has 22 nitrogen and oxygen atoms in total. The van der Waals surface area contributed by atoms with Crippen molar-refractivity contribution in [3.8, 4) is 0 Å². The van der Waals surface area contributed by atoms with E-state index in [2.05, 4.69) is 6.92 Å². The van der Waals surface area contributed by atoms with Crippen LogP contribution >= 0.6 is 0 Å². The summed E-state index contributed by atoms with van der Waals surface area (Å²) in [6.07, 6.45) is -22.0. The molecule has 6 heterocycles. The molecular weight excluding hydrogens is 965 g/mol. The van der Waals surface area contributed by atoms with Crippen LogP contribution in [-0.4, -0.2) is 206 Å². The number of rotatable bonds is 13. The van der Waals surface area contributed by atoms with Crippen LogP contribution in [0.15, 0.2) is 0 Å². The molecular formula is C51H88O22. The number of hydrogen-bond acceptors (Lipinski definition) is 22. The Labute approximate surface area is 429 Å². The van der Waals surface area contributed by atoms with Gasteiger partial charge in [0.1, 0.15) is 67.1 Å². The van der Waals surface area contributed by atoms with Crippen molar-refractivity contribution in [2.45, 2.75) is 305 Å². The summed E-state index contributed by atoms with van der Waals surface area (Å²) in [4.78, 5) is 27.6. The first-order valence-electron chi connectivity index (χ1n) is 27.1. The largest absolute Gasteiger partial charge is 0.457 e. The quantitative estimate of drug-likeness (QED) is 0.0965. The van der Waals surface area contributed by atoms with E-state index in [0.717, 1.165) is 70.6 Å². The van der Waals surface area contributed by atoms with E-state index < -0.39 is 165 Å². The SMILES string of the molecule is CCCCCC1CCCCCCCCCC(=O)OC2CC(OC3OC(C)C(OC4OC(C)C(O)C(O)C4O)C(OC4OC(C)C(O)C(O)C4O)C3OC(=O)C(C)CC)C(C)OC2OC2C(O1)OC(C)C(O)C2O. The zero-order valence-corrected chi connectivity index (χ0v) is 43.9. The van der Waals surface area contributed by atoms with Gasteiger partial charge in [0.2, 0.25) is 0 Å². The number of hydrogen-bond donors (Lipinski definition) is 8. The molecule has 0 saturated carbocycles. The fraction of sp³-hybridized carbons (Fsp3) is 0.961. The molecule has 0 radical (unpaired) electrons. The third kappa shape index (κ3) is 15.5. The third-order valence-corrected chi connectivity index (χ3v) is 15.4. The van der Waals surface area contributed by atoms with Gasteiger partial charge < -0.3 is 97.7 Å². The molecule has 0 amide bonds. The summed E-state index contributed by atoms with van der Waals surface area (Å²) in [6.45, 7) is 13.4. The maximum Gasteiger partial charge on any atom is 0.309 e. The molecule has 6 saturated heterocycles. The summed E-state index contributed by atoms with van der Waals surface area (Å²) >= 11 is 0. The Morgan fingerprint density at radius 3 is 1.73 bits per heavy atom. The van der Waals surface area contributed by atoms with Crippen LogP contribution in [0.2, 0.25) is 0 Å². The van der Waals surface area contributed by atoms with Gasteiger partial charge in [-0.05, 0) is 60.3 Å². The van der Waals surface area contributed by atoms with Gasteiger partial charge in [-0.25, -0.2) is 0 Å². The first-order chi connectivity index (χ1) is 34.7. The summed E-state index contributed by atoms with van der Waals surface area (Å²) in [5, 5.41) is 87.6. The Morgan fingerprint density at radius 2 is 1.11 bits per heavy atom. The molecule has 8 N–H and O–H groups in total. The van der Waals surface area contributed by atoms with E-state index in [9.17, 15) is 50.4 Å². The van der Waals surface area contributed by atoms with Gasteiger partial charge in [0, 0.05) is 12.8 Å². The smallest absolute Gasteiger partial charge is 0.309 e. The average molecular weight is 1050 g/mol. The monoisotopic (exact) mass is 1050 g/mol. The molecule has 73 heavy (non-hydrogen) atoms. The molecule has 0 aromatic heterocycles. The Morgan fingerprint density at radius 1 is 0.562 bits per heavy atom. The highest BCUT2D eigenvalue weighted by Crippen LogP contribution is 2.39. The van der Waals surface area contributed by atoms with Gasteiger partial charge in [-0.1, -0.05) is 78.6 Å². The van der Waals surface area contributed by atoms with Crippen molar-refractivity contribution < 1.29 is 107 Å². The van der Waals surface area contributed by atoms with Crippen LogP contribution in [0.25, 0.3) is 0 Å². The summed E-state index contributed by atoms with van der Waals surface area (Å²) in [5.41, 5.74) is 0. The minimum atomic E-state index is -1.84. The second kappa shape index (κ2) is 28.2. The molecule has 6 fully saturated rings. The normalized spacial score (nSPS) is 46.4. The number of aliphatic hydroxyl groups excluding tert-OH is 8. The number of carbonyl (C=O) groups excluding carboxylic acids is 2. The summed E-state index contributed by atoms with van der Waals surface area (Å²) in [5.74, 6) is -1.91. The highest BCUT2D eigenvalue weighted by atomic mass is 16.8. The molecule has 0 aromatic carbocycles. The van der Waals surface area contributed by atoms with Crippen molar-refractivity contribution >= 4 is 11.9 Å². The highest BCUT2D eigenvalue weighted by Gasteiger charge is 2.57. The van der Waals surface area contributed by atoms with Gasteiger partial charge in [-0.15, -0.1) is 0 Å². The second-order valence-corrected chi connectivity index (χ2v) is 21.2. The molecule has 424 valence electrons. The van der Waals surface area contributed by atoms with Gasteiger partial charge in [0.05, 0.1) is 48.6 Å². The maximum atomic E-state index is 13.9. The first kappa shape index (κ1) is 60.4. The van der Waals surface area contributed by atoms with E-state index >= 15 is 0 Å². The number of aliphatic hydroxyl groups is 8. The molecule has 0 bridgehead atoms. The van der Waals surface area contributed by atoms with Crippen molar-refractivity contribution in [1.82, 2.24) is 0 Å². The predicted octanol–water partition coefficient (Wildman–Crippen LogP) is 1.89. The fourth-order valence-corrected chi connectivity index (χ4v) is 10.3. The molecule has 6 rings (SSSR count). The third-order valence-electron chi connectivity index (χ3n) is 15.4. The van der Waals surface area contributed by atoms with E-state index in [4.69, 9.17) is 56.8 Å². The molecule has 26 unspecified atom stereocenters. The van der Waals surface area contributed by atoms with Crippen LogP contribution in [0.5, 0.6) is 0 Å². The van der Waals surface area contributed by atoms with E-state index in [1.807, 2.05) is 0 Å². The van der Waals surface area contributed by atoms with Crippen LogP contribution in [0.1, 0.15) is 152 Å². The standard InChI is InChI=1S/C51H88O22/c1-9-11-17-20-30-21-18-15-13-12-14-16-19-22-33(52)68-32-23-31(25(4)62-47(32)72-43-39(58)36(55)28(7)65-50(43)67-30)69-51-45(70-46(61)24(3)10-2)44(73-49-41(60)38(57)35(54)27(6)64-49)42(29(8)66-51)71-48-40(59)37(56)34(53)26(5)63-48/h24-32,34-45,47-51,53-60H,9-23H2,1-8H3. The molecule has 0 aromatic rings. The zero-order chi connectivity index (χ0) is 53.3. The average Bonchev–Trinajstić information content (AvgIpc) is 3.35. The summed E-state index contributed by atoms with van der Waals surface area (Å²) < 4.78 is 75.9. The second-order valence-electron chi connectivity index (χ2n) is 21.2. The van der Waals surface area contributed by atoms with Gasteiger partial charge in [0.15, 0.2) is 43.7 Å². The minimum Gasteiger partial charge on any atom is -0.457 e. The number of esters is 2. The number of ether oxygens (including phenoxy) is 12. The highest BCUT2D eigenvalue weighted by molar-refractivity contribution is 5.72. The first-order valence-corrected chi connectivity index (χ1v) is 27.1. The lowest BCUT2D eigenvalue weighted by molar-refractivity contribution is -0.393. The molecule has 22 heteroatoms. The molecule has 6 aliphatic heterocycles. The van der Waals surface area contributed by atoms with E-state index in [1.165, 1.54) is 13.8 Å². The fourth-order valence-electron chi connectivity index (χ4n) is 10.3. The Bertz CT molecular complexity index is 1660. The van der Waals surface area contributed by atoms with Crippen molar-refractivity contribution in [2.24, 2.45) is 5.92 Å². The Kier molecular flexibility index (Phi) is 23.4. The van der Waals surface area contributed by atoms with Crippen LogP contribution in [-0.2, 0) is 66.4 Å². The van der Waals surface area contributed by atoms with Gasteiger partial charge >= 0.3 is 11.9 Å². The number of unbranched alkanes of at least 4 members (excludes halogenated alkanes) is 2. The van der Waals surface area contributed by atoms with Crippen LogP contribution < -0.4 is 0 Å². The maximum absolute atomic E-state index is 13.9. The topological polar surface area (TPSA) is 307 Å². The zero-order valence-electron chi connectivity index (χ0n) is 43.9. The number of fused-ring (bicyclic) bond motifs is 2. The van der Waals surface area contributed by atoms with E-state index in [1.54, 1.807) is 34.6 Å². The van der Waals surface area contributed by atoms with Gasteiger partial charge in [-0.2, -0.15) is 0 Å². The van der Waals surface area contributed by atoms with Crippen LogP contribution in [0, 0.1) is 5.92 Å².